The number of nitrogens with one attached hydrogen (secondary N) is 1. The van der Waals surface area contributed by atoms with Gasteiger partial charge in [0.25, 0.3) is 6.20 Å². The highest BCUT2D eigenvalue weighted by Crippen LogP contribution is 2.08. The van der Waals surface area contributed by atoms with Gasteiger partial charge in [-0.25, -0.2) is 0 Å². The number of anilines is 1. The summed E-state index contributed by atoms with van der Waals surface area (Å²) in [5, 5.41) is 8.52. The number of nitrogens with zero attached hydrogens (tertiary/aromatic N) is 4. The van der Waals surface area contributed by atoms with Gasteiger partial charge in [0, 0.05) is 26.6 Å². The van der Waals surface area contributed by atoms with E-state index in [1.165, 1.54) is 12.5 Å². The number of hydrogen-bond donors (Lipinski definition) is 1. The lowest BCUT2D eigenvalue weighted by Gasteiger charge is -2.29. The molecule has 1 aromatic heterocycles. The van der Waals surface area contributed by atoms with E-state index >= 15 is 0 Å². The minimum atomic E-state index is -0.291. The normalized spacial score (nSPS) is 15.0. The molecule has 3 rings (SSSR count). The molecule has 138 valence electrons. The van der Waals surface area contributed by atoms with Crippen LogP contribution in [0.25, 0.3) is 0 Å². The predicted octanol–water partition coefficient (Wildman–Crippen LogP) is 0.634. The molecule has 1 fully saturated rings. The molecule has 2 heterocycles. The van der Waals surface area contributed by atoms with Crippen LogP contribution < -0.4 is 15.1 Å². The summed E-state index contributed by atoms with van der Waals surface area (Å²) in [4.78, 5) is 26.6. The van der Waals surface area contributed by atoms with Gasteiger partial charge in [0.1, 0.15) is 0 Å². The van der Waals surface area contributed by atoms with Gasteiger partial charge in [0.15, 0.2) is 5.12 Å². The first kappa shape index (κ1) is 18.4. The smallest absolute Gasteiger partial charge is 0.295 e. The Bertz CT molecular complexity index is 744. The molecule has 1 N–H and O–H groups in total. The van der Waals surface area contributed by atoms with Gasteiger partial charge in [0.2, 0.25) is 11.2 Å². The molecular weight excluding hydrogens is 354 g/mol. The Morgan fingerprint density at radius 3 is 2.65 bits per heavy atom. The van der Waals surface area contributed by atoms with E-state index in [2.05, 4.69) is 44.8 Å². The van der Waals surface area contributed by atoms with Gasteiger partial charge in [-0.3, -0.25) is 24.3 Å². The topological polar surface area (TPSA) is 82.6 Å². The third kappa shape index (κ3) is 5.30. The molecular formula is C17H22N5O3S+. The molecule has 0 saturated carbocycles. The number of thioether (sulfide) groups is 1. The summed E-state index contributed by atoms with van der Waals surface area (Å²) >= 11 is 0.959. The number of amides is 1. The number of benzene rings is 1. The second-order valence-electron chi connectivity index (χ2n) is 6.03. The fourth-order valence-electron chi connectivity index (χ4n) is 2.71. The predicted molar refractivity (Wildman–Crippen MR) is 98.1 cm³/mol. The zero-order valence-electron chi connectivity index (χ0n) is 14.6. The summed E-state index contributed by atoms with van der Waals surface area (Å²) in [5.41, 5.74) is 1.31. The van der Waals surface area contributed by atoms with Crippen molar-refractivity contribution in [2.24, 2.45) is 0 Å². The minimum absolute atomic E-state index is 0.0637. The van der Waals surface area contributed by atoms with Crippen molar-refractivity contribution in [1.29, 1.82) is 0 Å². The summed E-state index contributed by atoms with van der Waals surface area (Å²) < 4.78 is 5.15. The largest absolute Gasteiger partial charge is 0.305 e. The third-order valence-electron chi connectivity index (χ3n) is 4.01. The van der Waals surface area contributed by atoms with Crippen molar-refractivity contribution in [2.75, 3.05) is 42.3 Å². The molecule has 0 spiro atoms. The molecule has 0 atom stereocenters. The fourth-order valence-corrected chi connectivity index (χ4v) is 3.12. The van der Waals surface area contributed by atoms with Crippen molar-refractivity contribution in [2.45, 2.75) is 13.5 Å². The van der Waals surface area contributed by atoms with Crippen molar-refractivity contribution >= 4 is 28.7 Å². The molecule has 2 aromatic rings. The molecule has 0 aliphatic carbocycles. The van der Waals surface area contributed by atoms with Gasteiger partial charge in [-0.05, 0) is 5.56 Å². The number of aromatic nitrogens is 2. The van der Waals surface area contributed by atoms with Crippen LogP contribution in [0.2, 0.25) is 0 Å². The second kappa shape index (κ2) is 8.81. The van der Waals surface area contributed by atoms with E-state index in [9.17, 15) is 9.59 Å². The maximum Gasteiger partial charge on any atom is 0.305 e. The number of carbonyl (C=O) groups excluding carboxylic acids is 2. The first-order valence-electron chi connectivity index (χ1n) is 8.43. The van der Waals surface area contributed by atoms with Crippen LogP contribution in [0, 0.1) is 0 Å². The Hall–Kier alpha value is -2.39. The van der Waals surface area contributed by atoms with Gasteiger partial charge in [0.05, 0.1) is 23.6 Å². The van der Waals surface area contributed by atoms with Crippen LogP contribution in [0.4, 0.5) is 5.88 Å². The Morgan fingerprint density at radius 1 is 1.23 bits per heavy atom. The first-order valence-corrected chi connectivity index (χ1v) is 9.42. The highest BCUT2D eigenvalue weighted by molar-refractivity contribution is 8.14. The number of carbonyl (C=O) groups is 2. The van der Waals surface area contributed by atoms with Crippen LogP contribution in [0.1, 0.15) is 12.5 Å². The van der Waals surface area contributed by atoms with Gasteiger partial charge in [-0.1, -0.05) is 42.1 Å². The SMILES string of the molecule is CC(=O)SCC(=O)Nc1c[n+](N2CCN(Cc3ccccc3)CC2)no1. The molecule has 1 aromatic carbocycles. The quantitative estimate of drug-likeness (QED) is 0.741. The van der Waals surface area contributed by atoms with Gasteiger partial charge < -0.3 is 0 Å². The zero-order valence-corrected chi connectivity index (χ0v) is 15.4. The molecule has 1 aliphatic rings. The van der Waals surface area contributed by atoms with E-state index in [1.54, 1.807) is 11.0 Å². The molecule has 1 saturated heterocycles. The molecule has 0 unspecified atom stereocenters. The number of piperazine rings is 1. The molecule has 9 heteroatoms. The van der Waals surface area contributed by atoms with Crippen molar-refractivity contribution in [1.82, 2.24) is 10.2 Å². The average Bonchev–Trinajstić information content (AvgIpc) is 3.10. The number of rotatable bonds is 6. The van der Waals surface area contributed by atoms with E-state index in [0.29, 0.717) is 0 Å². The summed E-state index contributed by atoms with van der Waals surface area (Å²) in [6.07, 6.45) is 1.64. The van der Waals surface area contributed by atoms with E-state index in [1.807, 2.05) is 6.07 Å². The standard InChI is InChI=1S/C17H21N5O3S/c1-14(23)26-13-16(24)18-17-12-22(19-25-17)21-9-7-20(8-10-21)11-15-5-3-2-4-6-15/h2-6,12H,7-11,13H2,1H3/p+1. The molecule has 1 amide bonds. The Labute approximate surface area is 156 Å². The van der Waals surface area contributed by atoms with Crippen LogP contribution in [0.15, 0.2) is 41.1 Å². The van der Waals surface area contributed by atoms with Crippen molar-refractivity contribution in [3.63, 3.8) is 0 Å². The highest BCUT2D eigenvalue weighted by Gasteiger charge is 2.26. The molecule has 8 nitrogen and oxygen atoms in total. The minimum Gasteiger partial charge on any atom is -0.295 e. The van der Waals surface area contributed by atoms with Crippen LogP contribution in [0.5, 0.6) is 0 Å². The van der Waals surface area contributed by atoms with Crippen molar-refractivity contribution < 1.29 is 18.9 Å². The average molecular weight is 376 g/mol. The fraction of sp³-hybridized carbons (Fsp3) is 0.412. The van der Waals surface area contributed by atoms with Gasteiger partial charge >= 0.3 is 5.88 Å². The van der Waals surface area contributed by atoms with Gasteiger partial charge in [-0.2, -0.15) is 5.01 Å². The van der Waals surface area contributed by atoms with Crippen LogP contribution in [-0.2, 0) is 16.1 Å². The van der Waals surface area contributed by atoms with Crippen LogP contribution in [-0.4, -0.2) is 53.1 Å². The van der Waals surface area contributed by atoms with Crippen LogP contribution >= 0.6 is 11.8 Å². The Kier molecular flexibility index (Phi) is 6.24. The second-order valence-corrected chi connectivity index (χ2v) is 7.18. The lowest BCUT2D eigenvalue weighted by Crippen LogP contribution is -2.65. The summed E-state index contributed by atoms with van der Waals surface area (Å²) in [5.74, 6) is 0.0424. The number of hydrogen-bond acceptors (Lipinski definition) is 7. The third-order valence-corrected chi connectivity index (χ3v) is 4.83. The maximum atomic E-state index is 11.7. The van der Waals surface area contributed by atoms with E-state index in [0.717, 1.165) is 44.5 Å². The summed E-state index contributed by atoms with van der Waals surface area (Å²) in [7, 11) is 0. The summed E-state index contributed by atoms with van der Waals surface area (Å²) in [6.45, 7) is 5.84. The molecule has 1 aliphatic heterocycles. The highest BCUT2D eigenvalue weighted by atomic mass is 32.2. The van der Waals surface area contributed by atoms with Gasteiger partial charge in [-0.15, -0.1) is 0 Å². The molecule has 0 bridgehead atoms. The first-order chi connectivity index (χ1) is 12.6. The lowest BCUT2D eigenvalue weighted by atomic mass is 10.2. The maximum absolute atomic E-state index is 11.7. The monoisotopic (exact) mass is 376 g/mol. The van der Waals surface area contributed by atoms with Crippen molar-refractivity contribution in [3.8, 4) is 0 Å². The Morgan fingerprint density at radius 2 is 1.96 bits per heavy atom. The molecule has 0 radical (unpaired) electrons. The summed E-state index contributed by atoms with van der Waals surface area (Å²) in [6, 6.07) is 10.4. The van der Waals surface area contributed by atoms with Crippen molar-refractivity contribution in [3.05, 3.63) is 42.1 Å². The molecule has 26 heavy (non-hydrogen) atoms. The Balaban J connectivity index is 1.47. The van der Waals surface area contributed by atoms with E-state index in [-0.39, 0.29) is 22.7 Å². The van der Waals surface area contributed by atoms with E-state index < -0.39 is 0 Å². The van der Waals surface area contributed by atoms with Crippen LogP contribution in [0.3, 0.4) is 0 Å². The zero-order chi connectivity index (χ0) is 18.4. The lowest BCUT2D eigenvalue weighted by molar-refractivity contribution is -0.759. The van der Waals surface area contributed by atoms with E-state index in [4.69, 9.17) is 4.52 Å².